The zero-order valence-electron chi connectivity index (χ0n) is 14.3. The molecular formula is C17H22ClN5O2. The maximum atomic E-state index is 12.5. The van der Waals surface area contributed by atoms with E-state index >= 15 is 0 Å². The summed E-state index contributed by atoms with van der Waals surface area (Å²) in [5, 5.41) is 17.8. The van der Waals surface area contributed by atoms with Crippen LogP contribution in [0.15, 0.2) is 30.7 Å². The van der Waals surface area contributed by atoms with Crippen molar-refractivity contribution in [2.75, 3.05) is 19.0 Å². The van der Waals surface area contributed by atoms with Crippen LogP contribution in [-0.2, 0) is 6.54 Å². The fraction of sp³-hybridized carbons (Fsp3) is 0.471. The number of rotatable bonds is 5. The highest BCUT2D eigenvalue weighted by atomic mass is 35.5. The second-order valence-corrected chi connectivity index (χ2v) is 7.04. The SMILES string of the molecule is CN(C)c1ncc(C(=O)N[C@@H]2CC(Cn3cccn3)C[C@H]2O)cc1Cl. The molecule has 2 aromatic heterocycles. The predicted molar refractivity (Wildman–Crippen MR) is 95.8 cm³/mol. The third-order valence-corrected chi connectivity index (χ3v) is 4.73. The molecule has 0 spiro atoms. The molecule has 2 aromatic rings. The molecule has 1 aliphatic carbocycles. The van der Waals surface area contributed by atoms with Crippen LogP contribution in [0.4, 0.5) is 5.82 Å². The third kappa shape index (κ3) is 4.11. The molecule has 7 nitrogen and oxygen atoms in total. The normalized spacial score (nSPS) is 22.8. The molecule has 2 heterocycles. The lowest BCUT2D eigenvalue weighted by atomic mass is 10.1. The number of amides is 1. The van der Waals surface area contributed by atoms with E-state index in [4.69, 9.17) is 11.6 Å². The lowest BCUT2D eigenvalue weighted by molar-refractivity contribution is 0.0872. The van der Waals surface area contributed by atoms with Crippen molar-refractivity contribution in [3.05, 3.63) is 41.3 Å². The number of anilines is 1. The van der Waals surface area contributed by atoms with E-state index in [-0.39, 0.29) is 17.9 Å². The van der Waals surface area contributed by atoms with E-state index < -0.39 is 6.10 Å². The molecule has 1 saturated carbocycles. The Balaban J connectivity index is 1.62. The van der Waals surface area contributed by atoms with Gasteiger partial charge in [-0.05, 0) is 30.9 Å². The van der Waals surface area contributed by atoms with Crippen molar-refractivity contribution in [3.63, 3.8) is 0 Å². The summed E-state index contributed by atoms with van der Waals surface area (Å²) < 4.78 is 1.85. The molecule has 0 radical (unpaired) electrons. The van der Waals surface area contributed by atoms with Gasteiger partial charge < -0.3 is 15.3 Å². The van der Waals surface area contributed by atoms with Crippen molar-refractivity contribution in [2.24, 2.45) is 5.92 Å². The van der Waals surface area contributed by atoms with Gasteiger partial charge in [-0.15, -0.1) is 0 Å². The first-order valence-electron chi connectivity index (χ1n) is 8.23. The first kappa shape index (κ1) is 17.7. The molecule has 3 atom stereocenters. The van der Waals surface area contributed by atoms with Crippen LogP contribution in [0.5, 0.6) is 0 Å². The number of aliphatic hydroxyl groups excluding tert-OH is 1. The van der Waals surface area contributed by atoms with Gasteiger partial charge in [0.2, 0.25) is 0 Å². The minimum absolute atomic E-state index is 0.275. The largest absolute Gasteiger partial charge is 0.391 e. The van der Waals surface area contributed by atoms with Crippen LogP contribution >= 0.6 is 11.6 Å². The van der Waals surface area contributed by atoms with E-state index in [1.54, 1.807) is 17.2 Å². The number of pyridine rings is 1. The van der Waals surface area contributed by atoms with Crippen molar-refractivity contribution in [3.8, 4) is 0 Å². The molecule has 0 aromatic carbocycles. The van der Waals surface area contributed by atoms with Crippen LogP contribution in [-0.4, -0.2) is 52.0 Å². The number of carbonyl (C=O) groups excluding carboxylic acids is 1. The Morgan fingerprint density at radius 1 is 1.48 bits per heavy atom. The zero-order valence-corrected chi connectivity index (χ0v) is 15.0. The van der Waals surface area contributed by atoms with Gasteiger partial charge >= 0.3 is 0 Å². The zero-order chi connectivity index (χ0) is 18.0. The highest BCUT2D eigenvalue weighted by Gasteiger charge is 2.34. The Kier molecular flexibility index (Phi) is 5.24. The molecule has 1 fully saturated rings. The number of hydrogen-bond donors (Lipinski definition) is 2. The topological polar surface area (TPSA) is 83.3 Å². The first-order valence-corrected chi connectivity index (χ1v) is 8.61. The smallest absolute Gasteiger partial charge is 0.253 e. The average molecular weight is 364 g/mol. The van der Waals surface area contributed by atoms with E-state index in [2.05, 4.69) is 15.4 Å². The highest BCUT2D eigenvalue weighted by Crippen LogP contribution is 2.28. The molecule has 3 rings (SSSR count). The Labute approximate surface area is 151 Å². The van der Waals surface area contributed by atoms with Gasteiger partial charge in [-0.1, -0.05) is 11.6 Å². The minimum Gasteiger partial charge on any atom is -0.391 e. The number of hydrogen-bond acceptors (Lipinski definition) is 5. The van der Waals surface area contributed by atoms with Crippen LogP contribution in [0.2, 0.25) is 5.02 Å². The molecule has 1 unspecified atom stereocenters. The summed E-state index contributed by atoms with van der Waals surface area (Å²) in [5.41, 5.74) is 0.387. The standard InChI is InChI=1S/C17H22ClN5O2/c1-22(2)16-13(18)8-12(9-19-16)17(25)21-14-6-11(7-15(14)24)10-23-5-3-4-20-23/h3-5,8-9,11,14-15,24H,6-7,10H2,1-2H3,(H,21,25)/t11?,14-,15-/m1/s1. The maximum Gasteiger partial charge on any atom is 0.253 e. The minimum atomic E-state index is -0.561. The van der Waals surface area contributed by atoms with Crippen LogP contribution in [0.3, 0.4) is 0 Å². The second-order valence-electron chi connectivity index (χ2n) is 6.64. The summed E-state index contributed by atoms with van der Waals surface area (Å²) in [4.78, 5) is 18.4. The number of aliphatic hydroxyl groups is 1. The molecule has 1 aliphatic rings. The second kappa shape index (κ2) is 7.41. The van der Waals surface area contributed by atoms with E-state index in [0.717, 1.165) is 6.54 Å². The van der Waals surface area contributed by atoms with Gasteiger partial charge in [-0.3, -0.25) is 9.48 Å². The van der Waals surface area contributed by atoms with E-state index in [9.17, 15) is 9.90 Å². The van der Waals surface area contributed by atoms with Crippen molar-refractivity contribution >= 4 is 23.3 Å². The van der Waals surface area contributed by atoms with Crippen LogP contribution in [0, 0.1) is 5.92 Å². The molecule has 0 saturated heterocycles. The fourth-order valence-electron chi connectivity index (χ4n) is 3.23. The maximum absolute atomic E-state index is 12.5. The molecule has 1 amide bonds. The number of nitrogens with zero attached hydrogens (tertiary/aromatic N) is 4. The molecule has 2 N–H and O–H groups in total. The van der Waals surface area contributed by atoms with E-state index in [1.165, 1.54) is 6.20 Å². The Hall–Kier alpha value is -2.12. The van der Waals surface area contributed by atoms with Crippen LogP contribution in [0.1, 0.15) is 23.2 Å². The van der Waals surface area contributed by atoms with E-state index in [1.807, 2.05) is 31.0 Å². The molecule has 8 heteroatoms. The number of halogens is 1. The quantitative estimate of drug-likeness (QED) is 0.842. The van der Waals surface area contributed by atoms with Gasteiger partial charge in [0.05, 0.1) is 22.7 Å². The molecule has 0 aliphatic heterocycles. The summed E-state index contributed by atoms with van der Waals surface area (Å²) >= 11 is 6.17. The van der Waals surface area contributed by atoms with Crippen molar-refractivity contribution in [1.82, 2.24) is 20.1 Å². The van der Waals surface area contributed by atoms with Gasteiger partial charge in [-0.2, -0.15) is 5.10 Å². The van der Waals surface area contributed by atoms with Crippen molar-refractivity contribution < 1.29 is 9.90 Å². The fourth-order valence-corrected chi connectivity index (χ4v) is 3.57. The lowest BCUT2D eigenvalue weighted by Crippen LogP contribution is -2.40. The molecular weight excluding hydrogens is 342 g/mol. The Morgan fingerprint density at radius 3 is 2.92 bits per heavy atom. The van der Waals surface area contributed by atoms with Crippen molar-refractivity contribution in [1.29, 1.82) is 0 Å². The lowest BCUT2D eigenvalue weighted by Gasteiger charge is -2.17. The third-order valence-electron chi connectivity index (χ3n) is 4.46. The Morgan fingerprint density at radius 2 is 2.28 bits per heavy atom. The summed E-state index contributed by atoms with van der Waals surface area (Å²) in [6.45, 7) is 0.737. The van der Waals surface area contributed by atoms with Crippen molar-refractivity contribution in [2.45, 2.75) is 31.5 Å². The van der Waals surface area contributed by atoms with Gasteiger partial charge in [-0.25, -0.2) is 4.98 Å². The number of carbonyl (C=O) groups is 1. The summed E-state index contributed by atoms with van der Waals surface area (Å²) in [5.74, 6) is 0.611. The van der Waals surface area contributed by atoms with Gasteiger partial charge in [0.15, 0.2) is 0 Å². The number of nitrogens with one attached hydrogen (secondary N) is 1. The number of aromatic nitrogens is 3. The summed E-state index contributed by atoms with van der Waals surface area (Å²) in [6, 6.07) is 3.20. The Bertz CT molecular complexity index is 735. The van der Waals surface area contributed by atoms with Crippen LogP contribution in [0.25, 0.3) is 0 Å². The summed E-state index contributed by atoms with van der Waals surface area (Å²) in [6.07, 6.45) is 5.93. The monoisotopic (exact) mass is 363 g/mol. The highest BCUT2D eigenvalue weighted by molar-refractivity contribution is 6.33. The average Bonchev–Trinajstić information content (AvgIpc) is 3.17. The van der Waals surface area contributed by atoms with E-state index in [0.29, 0.717) is 29.2 Å². The summed E-state index contributed by atoms with van der Waals surface area (Å²) in [7, 11) is 3.67. The molecule has 134 valence electrons. The van der Waals surface area contributed by atoms with Gasteiger partial charge in [0, 0.05) is 39.2 Å². The molecule has 0 bridgehead atoms. The van der Waals surface area contributed by atoms with Crippen LogP contribution < -0.4 is 10.2 Å². The molecule has 25 heavy (non-hydrogen) atoms. The van der Waals surface area contributed by atoms with Gasteiger partial charge in [0.1, 0.15) is 5.82 Å². The first-order chi connectivity index (χ1) is 11.9. The van der Waals surface area contributed by atoms with Gasteiger partial charge in [0.25, 0.3) is 5.91 Å². The predicted octanol–water partition coefficient (Wildman–Crippen LogP) is 1.57.